The Labute approximate surface area is 118 Å². The van der Waals surface area contributed by atoms with E-state index in [0.29, 0.717) is 12.0 Å². The van der Waals surface area contributed by atoms with E-state index in [-0.39, 0.29) is 5.60 Å². The van der Waals surface area contributed by atoms with Crippen LogP contribution in [-0.4, -0.2) is 31.5 Å². The second-order valence-electron chi connectivity index (χ2n) is 6.35. The smallest absolute Gasteiger partial charge is 0.0685 e. The first kappa shape index (κ1) is 15.3. The lowest BCUT2D eigenvalue weighted by atomic mass is 9.73. The van der Waals surface area contributed by atoms with Crippen LogP contribution in [0.1, 0.15) is 64.7 Å². The molecule has 3 nitrogen and oxygen atoms in total. The van der Waals surface area contributed by atoms with Crippen molar-refractivity contribution in [2.45, 2.75) is 76.4 Å². The van der Waals surface area contributed by atoms with E-state index in [9.17, 15) is 0 Å². The van der Waals surface area contributed by atoms with Crippen LogP contribution in [0.25, 0.3) is 0 Å². The van der Waals surface area contributed by atoms with Crippen molar-refractivity contribution in [3.63, 3.8) is 0 Å². The summed E-state index contributed by atoms with van der Waals surface area (Å²) >= 11 is 0. The number of nitrogens with two attached hydrogens (primary N) is 1. The molecule has 2 atom stereocenters. The maximum atomic E-state index is 6.41. The SMILES string of the molecule is CCOCCCC(N)C1CCOC2(CCCCC2)C1. The third-order valence-corrected chi connectivity index (χ3v) is 4.93. The quantitative estimate of drug-likeness (QED) is 0.753. The second-order valence-corrected chi connectivity index (χ2v) is 6.35. The molecule has 1 saturated heterocycles. The van der Waals surface area contributed by atoms with Crippen molar-refractivity contribution < 1.29 is 9.47 Å². The molecule has 1 aliphatic carbocycles. The first-order chi connectivity index (χ1) is 9.26. The van der Waals surface area contributed by atoms with Gasteiger partial charge in [0.05, 0.1) is 5.60 Å². The Bertz CT molecular complexity index is 246. The Kier molecular flexibility index (Phi) is 6.11. The highest BCUT2D eigenvalue weighted by Crippen LogP contribution is 2.41. The van der Waals surface area contributed by atoms with Crippen LogP contribution in [0, 0.1) is 5.92 Å². The molecule has 1 spiro atoms. The fraction of sp³-hybridized carbons (Fsp3) is 1.00. The number of hydrogen-bond donors (Lipinski definition) is 1. The highest BCUT2D eigenvalue weighted by Gasteiger charge is 2.39. The summed E-state index contributed by atoms with van der Waals surface area (Å²) in [6, 6.07) is 0.336. The minimum absolute atomic E-state index is 0.193. The molecule has 0 amide bonds. The van der Waals surface area contributed by atoms with Gasteiger partial charge in [0.15, 0.2) is 0 Å². The van der Waals surface area contributed by atoms with Gasteiger partial charge in [-0.2, -0.15) is 0 Å². The molecule has 0 aromatic heterocycles. The van der Waals surface area contributed by atoms with Crippen LogP contribution in [0.15, 0.2) is 0 Å². The van der Waals surface area contributed by atoms with Crippen LogP contribution in [0.5, 0.6) is 0 Å². The molecule has 1 saturated carbocycles. The van der Waals surface area contributed by atoms with E-state index < -0.39 is 0 Å². The van der Waals surface area contributed by atoms with Gasteiger partial charge in [0.2, 0.25) is 0 Å². The molecule has 2 fully saturated rings. The molecule has 2 N–H and O–H groups in total. The van der Waals surface area contributed by atoms with Gasteiger partial charge in [0.25, 0.3) is 0 Å². The summed E-state index contributed by atoms with van der Waals surface area (Å²) in [6.45, 7) is 4.64. The van der Waals surface area contributed by atoms with Crippen molar-refractivity contribution in [1.82, 2.24) is 0 Å². The molecule has 2 unspecified atom stereocenters. The van der Waals surface area contributed by atoms with E-state index in [4.69, 9.17) is 15.2 Å². The second kappa shape index (κ2) is 7.61. The van der Waals surface area contributed by atoms with Crippen LogP contribution in [0.4, 0.5) is 0 Å². The van der Waals surface area contributed by atoms with Gasteiger partial charge in [-0.25, -0.2) is 0 Å². The summed E-state index contributed by atoms with van der Waals surface area (Å²) in [4.78, 5) is 0. The lowest BCUT2D eigenvalue weighted by Gasteiger charge is -2.45. The zero-order chi connectivity index (χ0) is 13.6. The molecule has 3 heteroatoms. The van der Waals surface area contributed by atoms with Gasteiger partial charge < -0.3 is 15.2 Å². The zero-order valence-corrected chi connectivity index (χ0v) is 12.5. The Balaban J connectivity index is 1.76. The molecule has 0 radical (unpaired) electrons. The largest absolute Gasteiger partial charge is 0.382 e. The first-order valence-electron chi connectivity index (χ1n) is 8.23. The summed E-state index contributed by atoms with van der Waals surface area (Å²) in [7, 11) is 0. The van der Waals surface area contributed by atoms with Crippen molar-refractivity contribution in [3.8, 4) is 0 Å². The molecule has 2 aliphatic rings. The number of hydrogen-bond acceptors (Lipinski definition) is 3. The van der Waals surface area contributed by atoms with Crippen LogP contribution in [0.3, 0.4) is 0 Å². The molecule has 0 aromatic rings. The topological polar surface area (TPSA) is 44.5 Å². The van der Waals surface area contributed by atoms with E-state index in [2.05, 4.69) is 0 Å². The molecular formula is C16H31NO2. The number of rotatable bonds is 6. The van der Waals surface area contributed by atoms with E-state index >= 15 is 0 Å². The average Bonchev–Trinajstić information content (AvgIpc) is 2.44. The zero-order valence-electron chi connectivity index (χ0n) is 12.5. The van der Waals surface area contributed by atoms with Gasteiger partial charge in [-0.1, -0.05) is 19.3 Å². The van der Waals surface area contributed by atoms with Crippen LogP contribution in [-0.2, 0) is 9.47 Å². The molecular weight excluding hydrogens is 238 g/mol. The van der Waals surface area contributed by atoms with Crippen LogP contribution < -0.4 is 5.73 Å². The molecule has 19 heavy (non-hydrogen) atoms. The summed E-state index contributed by atoms with van der Waals surface area (Å²) < 4.78 is 11.6. The predicted octanol–water partition coefficient (Wildman–Crippen LogP) is 3.26. The van der Waals surface area contributed by atoms with Crippen molar-refractivity contribution in [3.05, 3.63) is 0 Å². The molecule has 112 valence electrons. The molecule has 1 heterocycles. The Morgan fingerprint density at radius 2 is 2.11 bits per heavy atom. The molecule has 1 aliphatic heterocycles. The fourth-order valence-corrected chi connectivity index (χ4v) is 3.78. The normalized spacial score (nSPS) is 28.4. The lowest BCUT2D eigenvalue weighted by molar-refractivity contribution is -0.120. The Morgan fingerprint density at radius 1 is 1.32 bits per heavy atom. The van der Waals surface area contributed by atoms with Gasteiger partial charge in [0, 0.05) is 25.9 Å². The molecule has 0 aromatic carbocycles. The van der Waals surface area contributed by atoms with Crippen molar-refractivity contribution >= 4 is 0 Å². The molecule has 2 rings (SSSR count). The van der Waals surface area contributed by atoms with Crippen molar-refractivity contribution in [2.75, 3.05) is 19.8 Å². The van der Waals surface area contributed by atoms with E-state index in [0.717, 1.165) is 39.1 Å². The van der Waals surface area contributed by atoms with Gasteiger partial charge in [-0.3, -0.25) is 0 Å². The Hall–Kier alpha value is -0.120. The van der Waals surface area contributed by atoms with E-state index in [1.807, 2.05) is 6.92 Å². The highest BCUT2D eigenvalue weighted by atomic mass is 16.5. The van der Waals surface area contributed by atoms with Crippen molar-refractivity contribution in [2.24, 2.45) is 11.7 Å². The summed E-state index contributed by atoms with van der Waals surface area (Å²) in [5, 5.41) is 0. The van der Waals surface area contributed by atoms with Gasteiger partial charge in [0.1, 0.15) is 0 Å². The Morgan fingerprint density at radius 3 is 2.84 bits per heavy atom. The molecule has 0 bridgehead atoms. The summed E-state index contributed by atoms with van der Waals surface area (Å²) in [5.41, 5.74) is 6.60. The van der Waals surface area contributed by atoms with Gasteiger partial charge in [-0.05, 0) is 51.4 Å². The minimum Gasteiger partial charge on any atom is -0.382 e. The minimum atomic E-state index is 0.193. The summed E-state index contributed by atoms with van der Waals surface area (Å²) in [5.74, 6) is 0.661. The average molecular weight is 269 g/mol. The fourth-order valence-electron chi connectivity index (χ4n) is 3.78. The third kappa shape index (κ3) is 4.44. The van der Waals surface area contributed by atoms with Crippen LogP contribution in [0.2, 0.25) is 0 Å². The van der Waals surface area contributed by atoms with E-state index in [1.54, 1.807) is 0 Å². The monoisotopic (exact) mass is 269 g/mol. The standard InChI is InChI=1S/C16H31NO2/c1-2-18-11-6-7-15(17)14-8-12-19-16(13-14)9-4-3-5-10-16/h14-15H,2-13,17H2,1H3. The van der Waals surface area contributed by atoms with Crippen molar-refractivity contribution in [1.29, 1.82) is 0 Å². The van der Waals surface area contributed by atoms with E-state index in [1.165, 1.54) is 38.5 Å². The highest BCUT2D eigenvalue weighted by molar-refractivity contribution is 4.92. The lowest BCUT2D eigenvalue weighted by Crippen LogP contribution is -2.46. The summed E-state index contributed by atoms with van der Waals surface area (Å²) in [6.07, 6.45) is 11.1. The maximum Gasteiger partial charge on any atom is 0.0685 e. The van der Waals surface area contributed by atoms with Gasteiger partial charge >= 0.3 is 0 Å². The third-order valence-electron chi connectivity index (χ3n) is 4.93. The van der Waals surface area contributed by atoms with Crippen LogP contribution >= 0.6 is 0 Å². The first-order valence-corrected chi connectivity index (χ1v) is 8.23. The maximum absolute atomic E-state index is 6.41. The predicted molar refractivity (Wildman–Crippen MR) is 78.2 cm³/mol. The number of ether oxygens (including phenoxy) is 2. The van der Waals surface area contributed by atoms with Gasteiger partial charge in [-0.15, -0.1) is 0 Å².